The maximum absolute atomic E-state index is 5.74. The molecule has 1 aromatic heterocycles. The summed E-state index contributed by atoms with van der Waals surface area (Å²) in [5.74, 6) is 2.02. The Balaban J connectivity index is 1.60. The van der Waals surface area contributed by atoms with Gasteiger partial charge in [0.2, 0.25) is 0 Å². The molecule has 0 spiro atoms. The van der Waals surface area contributed by atoms with Crippen LogP contribution >= 0.6 is 11.5 Å². The van der Waals surface area contributed by atoms with Gasteiger partial charge in [0, 0.05) is 44.5 Å². The van der Waals surface area contributed by atoms with E-state index in [2.05, 4.69) is 25.9 Å². The Morgan fingerprint density at radius 1 is 1.46 bits per heavy atom. The number of nitrogens with two attached hydrogens (primary N) is 1. The molecule has 4 heterocycles. The van der Waals surface area contributed by atoms with Crippen LogP contribution in [0.2, 0.25) is 0 Å². The first-order valence-corrected chi connectivity index (χ1v) is 8.77. The summed E-state index contributed by atoms with van der Waals surface area (Å²) in [4.78, 5) is 11.7. The highest BCUT2D eigenvalue weighted by atomic mass is 32.1. The van der Waals surface area contributed by atoms with Crippen molar-refractivity contribution in [3.05, 3.63) is 24.2 Å². The standard InChI is InChI=1S/C15H20N8S/c1-22-8-10(6-18-22)12-7-17-15-14(21-13-3-5-19-24-13)20-11(2-4-16)9-23(12)15/h3,5-6,9-10,12H,2,4,7-8,16H2,1H3,(H,20,21). The van der Waals surface area contributed by atoms with Gasteiger partial charge in [-0.3, -0.25) is 10.0 Å². The molecule has 0 saturated carbocycles. The summed E-state index contributed by atoms with van der Waals surface area (Å²) in [5, 5.41) is 10.6. The number of hydrogen-bond acceptors (Lipinski definition) is 9. The molecular weight excluding hydrogens is 324 g/mol. The molecule has 24 heavy (non-hydrogen) atoms. The van der Waals surface area contributed by atoms with E-state index in [0.717, 1.165) is 41.9 Å². The number of hydrogen-bond donors (Lipinski definition) is 2. The van der Waals surface area contributed by atoms with Gasteiger partial charge in [-0.05, 0) is 24.1 Å². The summed E-state index contributed by atoms with van der Waals surface area (Å²) in [6.45, 7) is 2.23. The van der Waals surface area contributed by atoms with Crippen molar-refractivity contribution < 1.29 is 0 Å². The molecule has 8 nitrogen and oxygen atoms in total. The number of rotatable bonds is 4. The van der Waals surface area contributed by atoms with Crippen molar-refractivity contribution in [2.24, 2.45) is 26.7 Å². The zero-order valence-electron chi connectivity index (χ0n) is 13.5. The number of amidine groups is 2. The second-order valence-electron chi connectivity index (χ2n) is 6.03. The number of nitrogens with one attached hydrogen (secondary N) is 1. The van der Waals surface area contributed by atoms with Crippen molar-refractivity contribution in [2.45, 2.75) is 12.5 Å². The number of anilines is 1. The van der Waals surface area contributed by atoms with Crippen LogP contribution in [-0.4, -0.2) is 64.9 Å². The van der Waals surface area contributed by atoms with Gasteiger partial charge in [0.25, 0.3) is 0 Å². The van der Waals surface area contributed by atoms with Crippen LogP contribution < -0.4 is 11.1 Å². The Bertz CT molecular complexity index is 720. The van der Waals surface area contributed by atoms with Crippen LogP contribution in [0.4, 0.5) is 5.00 Å². The summed E-state index contributed by atoms with van der Waals surface area (Å²) < 4.78 is 4.13. The average Bonchev–Trinajstić information content (AvgIpc) is 3.28. The van der Waals surface area contributed by atoms with Crippen molar-refractivity contribution >= 4 is 34.4 Å². The van der Waals surface area contributed by atoms with E-state index in [1.165, 1.54) is 11.5 Å². The third kappa shape index (κ3) is 2.80. The zero-order valence-corrected chi connectivity index (χ0v) is 14.3. The zero-order chi connectivity index (χ0) is 16.5. The molecule has 3 N–H and O–H groups in total. The molecule has 2 atom stereocenters. The Morgan fingerprint density at radius 3 is 3.08 bits per heavy atom. The minimum atomic E-state index is 0.273. The molecule has 0 aliphatic carbocycles. The fourth-order valence-electron chi connectivity index (χ4n) is 3.15. The predicted octanol–water partition coefficient (Wildman–Crippen LogP) is 0.787. The molecule has 4 rings (SSSR count). The lowest BCUT2D eigenvalue weighted by Crippen LogP contribution is -2.45. The number of nitrogens with zero attached hydrogens (tertiary/aromatic N) is 6. The highest BCUT2D eigenvalue weighted by Gasteiger charge is 2.38. The van der Waals surface area contributed by atoms with E-state index in [-0.39, 0.29) is 6.04 Å². The van der Waals surface area contributed by atoms with Crippen molar-refractivity contribution in [2.75, 3.05) is 32.0 Å². The van der Waals surface area contributed by atoms with Gasteiger partial charge in [-0.1, -0.05) is 0 Å². The second-order valence-corrected chi connectivity index (χ2v) is 6.86. The average molecular weight is 344 g/mol. The second kappa shape index (κ2) is 6.33. The summed E-state index contributed by atoms with van der Waals surface area (Å²) in [5.41, 5.74) is 6.71. The lowest BCUT2D eigenvalue weighted by molar-refractivity contribution is 0.298. The van der Waals surface area contributed by atoms with Crippen molar-refractivity contribution in [1.29, 1.82) is 0 Å². The maximum atomic E-state index is 5.74. The van der Waals surface area contributed by atoms with Gasteiger partial charge in [-0.15, -0.1) is 0 Å². The summed E-state index contributed by atoms with van der Waals surface area (Å²) >= 11 is 1.40. The molecule has 0 bridgehead atoms. The summed E-state index contributed by atoms with van der Waals surface area (Å²) in [6.07, 6.45) is 6.63. The van der Waals surface area contributed by atoms with E-state index in [1.54, 1.807) is 6.20 Å². The first-order chi connectivity index (χ1) is 11.7. The van der Waals surface area contributed by atoms with Gasteiger partial charge in [0.05, 0.1) is 18.3 Å². The summed E-state index contributed by atoms with van der Waals surface area (Å²) in [7, 11) is 2.00. The van der Waals surface area contributed by atoms with E-state index in [9.17, 15) is 0 Å². The Hall–Kier alpha value is -2.26. The lowest BCUT2D eigenvalue weighted by atomic mass is 10.0. The van der Waals surface area contributed by atoms with E-state index >= 15 is 0 Å². The van der Waals surface area contributed by atoms with Gasteiger partial charge in [-0.25, -0.2) is 4.99 Å². The van der Waals surface area contributed by atoms with Crippen LogP contribution in [0.15, 0.2) is 39.2 Å². The van der Waals surface area contributed by atoms with Crippen LogP contribution in [0.25, 0.3) is 0 Å². The van der Waals surface area contributed by atoms with Crippen LogP contribution in [0.5, 0.6) is 0 Å². The quantitative estimate of drug-likeness (QED) is 0.842. The molecule has 3 aliphatic rings. The van der Waals surface area contributed by atoms with Crippen molar-refractivity contribution in [3.63, 3.8) is 0 Å². The number of aliphatic imine (C=N–C) groups is 2. The molecule has 0 radical (unpaired) electrons. The smallest absolute Gasteiger partial charge is 0.174 e. The first-order valence-electron chi connectivity index (χ1n) is 8.00. The van der Waals surface area contributed by atoms with E-state index in [0.29, 0.717) is 12.5 Å². The van der Waals surface area contributed by atoms with Crippen LogP contribution in [0, 0.1) is 5.92 Å². The van der Waals surface area contributed by atoms with Gasteiger partial charge in [0.15, 0.2) is 11.7 Å². The van der Waals surface area contributed by atoms with Gasteiger partial charge < -0.3 is 16.0 Å². The molecule has 0 saturated heterocycles. The SMILES string of the molecule is CN1CC(C2CN=C3C(Nc4ccns4)=NC(CCN)=CN32)C=N1. The fraction of sp³-hybridized carbons (Fsp3) is 0.467. The van der Waals surface area contributed by atoms with E-state index < -0.39 is 0 Å². The van der Waals surface area contributed by atoms with Gasteiger partial charge >= 0.3 is 0 Å². The monoisotopic (exact) mass is 344 g/mol. The minimum absolute atomic E-state index is 0.273. The topological polar surface area (TPSA) is 94.5 Å². The van der Waals surface area contributed by atoms with Crippen molar-refractivity contribution in [3.8, 4) is 0 Å². The molecule has 9 heteroatoms. The van der Waals surface area contributed by atoms with E-state index in [1.807, 2.05) is 24.3 Å². The molecule has 1 aromatic rings. The van der Waals surface area contributed by atoms with Gasteiger partial charge in [0.1, 0.15) is 5.00 Å². The third-order valence-electron chi connectivity index (χ3n) is 4.29. The predicted molar refractivity (Wildman–Crippen MR) is 97.5 cm³/mol. The third-order valence-corrected chi connectivity index (χ3v) is 4.95. The molecular formula is C15H20N8S. The minimum Gasteiger partial charge on any atom is -0.330 e. The molecule has 0 amide bonds. The van der Waals surface area contributed by atoms with Crippen LogP contribution in [0.3, 0.4) is 0 Å². The maximum Gasteiger partial charge on any atom is 0.174 e. The molecule has 3 aliphatic heterocycles. The molecule has 0 fully saturated rings. The normalized spacial score (nSPS) is 25.5. The number of fused-ring (bicyclic) bond motifs is 1. The lowest BCUT2D eigenvalue weighted by Gasteiger charge is -2.31. The van der Waals surface area contributed by atoms with Crippen molar-refractivity contribution in [1.82, 2.24) is 14.3 Å². The molecule has 2 unspecified atom stereocenters. The molecule has 0 aromatic carbocycles. The first kappa shape index (κ1) is 15.3. The number of hydrazone groups is 1. The van der Waals surface area contributed by atoms with Crippen LogP contribution in [-0.2, 0) is 0 Å². The Morgan fingerprint density at radius 2 is 2.38 bits per heavy atom. The molecule has 126 valence electrons. The number of aromatic nitrogens is 1. The Labute approximate surface area is 144 Å². The highest BCUT2D eigenvalue weighted by Crippen LogP contribution is 2.27. The summed E-state index contributed by atoms with van der Waals surface area (Å²) in [6, 6.07) is 2.21. The van der Waals surface area contributed by atoms with Gasteiger partial charge in [-0.2, -0.15) is 9.47 Å². The Kier molecular flexibility index (Phi) is 4.03. The fourth-order valence-corrected chi connectivity index (χ4v) is 3.65. The highest BCUT2D eigenvalue weighted by molar-refractivity contribution is 7.10. The van der Waals surface area contributed by atoms with Crippen LogP contribution in [0.1, 0.15) is 6.42 Å². The van der Waals surface area contributed by atoms with E-state index in [4.69, 9.17) is 15.7 Å². The largest absolute Gasteiger partial charge is 0.330 e.